The average molecular weight is 470 g/mol. The van der Waals surface area contributed by atoms with Crippen molar-refractivity contribution in [2.75, 3.05) is 17.7 Å². The summed E-state index contributed by atoms with van der Waals surface area (Å²) in [7, 11) is 1.59. The summed E-state index contributed by atoms with van der Waals surface area (Å²) in [4.78, 5) is 17.2. The van der Waals surface area contributed by atoms with E-state index in [9.17, 15) is 4.79 Å². The Balaban J connectivity index is 1.49. The van der Waals surface area contributed by atoms with E-state index in [1.54, 1.807) is 49.6 Å². The number of hydrogen-bond acceptors (Lipinski definition) is 5. The van der Waals surface area contributed by atoms with E-state index < -0.39 is 0 Å². The molecule has 0 atom stereocenters. The number of nitrogens with zero attached hydrogens (tertiary/aromatic N) is 1. The van der Waals surface area contributed by atoms with E-state index in [1.165, 1.54) is 11.3 Å². The van der Waals surface area contributed by atoms with Crippen LogP contribution in [-0.4, -0.2) is 18.0 Å². The van der Waals surface area contributed by atoms with Crippen LogP contribution in [-0.2, 0) is 0 Å². The summed E-state index contributed by atoms with van der Waals surface area (Å²) in [5.74, 6) is 0.501. The predicted molar refractivity (Wildman–Crippen MR) is 128 cm³/mol. The standard InChI is InChI=1S/C23H17Cl2N3O2S/c1-30-18-8-5-14(6-9-18)22(29)26-17-4-2-3-15(11-17)21-13-31-23(28-21)27-20-12-16(24)7-10-19(20)25/h2-13H,1H3,(H,26,29)(H,27,28). The molecule has 1 amide bonds. The van der Waals surface area contributed by atoms with Crippen molar-refractivity contribution in [2.45, 2.75) is 0 Å². The van der Waals surface area contributed by atoms with Gasteiger partial charge in [0.05, 0.1) is 23.5 Å². The van der Waals surface area contributed by atoms with Gasteiger partial charge in [-0.15, -0.1) is 11.3 Å². The van der Waals surface area contributed by atoms with Crippen LogP contribution in [0.4, 0.5) is 16.5 Å². The number of ether oxygens (including phenoxy) is 1. The zero-order valence-corrected chi connectivity index (χ0v) is 18.7. The van der Waals surface area contributed by atoms with Gasteiger partial charge in [-0.25, -0.2) is 4.98 Å². The second kappa shape index (κ2) is 9.39. The maximum Gasteiger partial charge on any atom is 0.255 e. The lowest BCUT2D eigenvalue weighted by Gasteiger charge is -2.08. The lowest BCUT2D eigenvalue weighted by molar-refractivity contribution is 0.102. The van der Waals surface area contributed by atoms with Crippen LogP contribution in [0, 0.1) is 0 Å². The highest BCUT2D eigenvalue weighted by Crippen LogP contribution is 2.32. The molecule has 2 N–H and O–H groups in total. The number of carbonyl (C=O) groups excluding carboxylic acids is 1. The number of halogens is 2. The number of nitrogens with one attached hydrogen (secondary N) is 2. The van der Waals surface area contributed by atoms with Crippen LogP contribution in [0.2, 0.25) is 10.0 Å². The Bertz CT molecular complexity index is 1230. The molecule has 0 radical (unpaired) electrons. The van der Waals surface area contributed by atoms with Gasteiger partial charge < -0.3 is 15.4 Å². The molecule has 0 aliphatic carbocycles. The van der Waals surface area contributed by atoms with Crippen molar-refractivity contribution in [3.8, 4) is 17.0 Å². The molecule has 0 fully saturated rings. The summed E-state index contributed by atoms with van der Waals surface area (Å²) in [6.07, 6.45) is 0. The number of aromatic nitrogens is 1. The topological polar surface area (TPSA) is 63.2 Å². The van der Waals surface area contributed by atoms with Crippen molar-refractivity contribution in [2.24, 2.45) is 0 Å². The number of rotatable bonds is 6. The minimum Gasteiger partial charge on any atom is -0.497 e. The van der Waals surface area contributed by atoms with Gasteiger partial charge in [0.15, 0.2) is 5.13 Å². The third-order valence-electron chi connectivity index (χ3n) is 4.44. The van der Waals surface area contributed by atoms with E-state index in [2.05, 4.69) is 15.6 Å². The van der Waals surface area contributed by atoms with Gasteiger partial charge in [0.1, 0.15) is 5.75 Å². The molecule has 31 heavy (non-hydrogen) atoms. The molecule has 0 saturated heterocycles. The zero-order chi connectivity index (χ0) is 21.8. The normalized spacial score (nSPS) is 10.5. The molecule has 0 saturated carbocycles. The van der Waals surface area contributed by atoms with E-state index in [-0.39, 0.29) is 5.91 Å². The van der Waals surface area contributed by atoms with Gasteiger partial charge in [-0.1, -0.05) is 35.3 Å². The van der Waals surface area contributed by atoms with Crippen LogP contribution in [0.1, 0.15) is 10.4 Å². The maximum atomic E-state index is 12.5. The van der Waals surface area contributed by atoms with Crippen molar-refractivity contribution in [3.05, 3.63) is 87.7 Å². The third kappa shape index (κ3) is 5.17. The highest BCUT2D eigenvalue weighted by Gasteiger charge is 2.10. The first-order valence-electron chi connectivity index (χ1n) is 9.25. The number of hydrogen-bond donors (Lipinski definition) is 2. The average Bonchev–Trinajstić information content (AvgIpc) is 3.25. The van der Waals surface area contributed by atoms with E-state index in [0.29, 0.717) is 37.9 Å². The Labute approximate surface area is 193 Å². The van der Waals surface area contributed by atoms with Crippen molar-refractivity contribution in [1.82, 2.24) is 4.98 Å². The quantitative estimate of drug-likeness (QED) is 0.315. The van der Waals surface area contributed by atoms with Crippen LogP contribution in [0.5, 0.6) is 5.75 Å². The fraction of sp³-hybridized carbons (Fsp3) is 0.0435. The van der Waals surface area contributed by atoms with Gasteiger partial charge in [0.2, 0.25) is 0 Å². The summed E-state index contributed by atoms with van der Waals surface area (Å²) in [5.41, 5.74) is 3.58. The van der Waals surface area contributed by atoms with Crippen molar-refractivity contribution in [1.29, 1.82) is 0 Å². The largest absolute Gasteiger partial charge is 0.497 e. The summed E-state index contributed by atoms with van der Waals surface area (Å²) >= 11 is 13.7. The van der Waals surface area contributed by atoms with Gasteiger partial charge in [-0.2, -0.15) is 0 Å². The van der Waals surface area contributed by atoms with E-state index >= 15 is 0 Å². The van der Waals surface area contributed by atoms with Gasteiger partial charge in [-0.05, 0) is 54.6 Å². The molecular formula is C23H17Cl2N3O2S. The molecule has 5 nitrogen and oxygen atoms in total. The zero-order valence-electron chi connectivity index (χ0n) is 16.4. The molecule has 156 valence electrons. The second-order valence-electron chi connectivity index (χ2n) is 6.55. The summed E-state index contributed by atoms with van der Waals surface area (Å²) in [5, 5.41) is 9.88. The van der Waals surface area contributed by atoms with E-state index in [1.807, 2.05) is 29.6 Å². The lowest BCUT2D eigenvalue weighted by atomic mass is 10.1. The summed E-state index contributed by atoms with van der Waals surface area (Å²) < 4.78 is 5.13. The highest BCUT2D eigenvalue weighted by molar-refractivity contribution is 7.14. The maximum absolute atomic E-state index is 12.5. The number of amides is 1. The minimum absolute atomic E-state index is 0.198. The molecule has 1 heterocycles. The molecule has 8 heteroatoms. The first kappa shape index (κ1) is 21.2. The third-order valence-corrected chi connectivity index (χ3v) is 5.77. The lowest BCUT2D eigenvalue weighted by Crippen LogP contribution is -2.11. The van der Waals surface area contributed by atoms with Gasteiger partial charge >= 0.3 is 0 Å². The molecule has 0 spiro atoms. The molecule has 0 aliphatic rings. The molecule has 4 rings (SSSR count). The minimum atomic E-state index is -0.198. The Morgan fingerprint density at radius 3 is 2.61 bits per heavy atom. The SMILES string of the molecule is COc1ccc(C(=O)Nc2cccc(-c3csc(Nc4cc(Cl)ccc4Cl)n3)c2)cc1. The molecule has 3 aromatic carbocycles. The Morgan fingerprint density at radius 2 is 1.84 bits per heavy atom. The van der Waals surface area contributed by atoms with Crippen LogP contribution < -0.4 is 15.4 Å². The Hall–Kier alpha value is -3.06. The molecule has 4 aromatic rings. The number of carbonyl (C=O) groups is 1. The van der Waals surface area contributed by atoms with Crippen LogP contribution in [0.25, 0.3) is 11.3 Å². The monoisotopic (exact) mass is 469 g/mol. The number of anilines is 3. The molecule has 1 aromatic heterocycles. The number of methoxy groups -OCH3 is 1. The fourth-order valence-corrected chi connectivity index (χ4v) is 3.94. The first-order valence-corrected chi connectivity index (χ1v) is 10.9. The van der Waals surface area contributed by atoms with Crippen molar-refractivity contribution in [3.63, 3.8) is 0 Å². The molecule has 0 aliphatic heterocycles. The van der Waals surface area contributed by atoms with Crippen LogP contribution in [0.3, 0.4) is 0 Å². The Kier molecular flexibility index (Phi) is 6.42. The predicted octanol–water partition coefficient (Wildman–Crippen LogP) is 7.12. The van der Waals surface area contributed by atoms with Gasteiger partial charge in [0.25, 0.3) is 5.91 Å². The van der Waals surface area contributed by atoms with Crippen molar-refractivity contribution >= 4 is 57.0 Å². The highest BCUT2D eigenvalue weighted by atomic mass is 35.5. The molecule has 0 bridgehead atoms. The van der Waals surface area contributed by atoms with Gasteiger partial charge in [0, 0.05) is 27.2 Å². The Morgan fingerprint density at radius 1 is 1.03 bits per heavy atom. The number of thiazole rings is 1. The van der Waals surface area contributed by atoms with E-state index in [0.717, 1.165) is 11.3 Å². The number of benzene rings is 3. The second-order valence-corrected chi connectivity index (χ2v) is 8.25. The smallest absolute Gasteiger partial charge is 0.255 e. The van der Waals surface area contributed by atoms with Gasteiger partial charge in [-0.3, -0.25) is 4.79 Å². The molecule has 0 unspecified atom stereocenters. The molecular weight excluding hydrogens is 453 g/mol. The first-order chi connectivity index (χ1) is 15.0. The summed E-state index contributed by atoms with van der Waals surface area (Å²) in [6, 6.07) is 19.7. The van der Waals surface area contributed by atoms with Crippen LogP contribution >= 0.6 is 34.5 Å². The van der Waals surface area contributed by atoms with Crippen molar-refractivity contribution < 1.29 is 9.53 Å². The fourth-order valence-electron chi connectivity index (χ4n) is 2.87. The van der Waals surface area contributed by atoms with Crippen LogP contribution in [0.15, 0.2) is 72.1 Å². The van der Waals surface area contributed by atoms with E-state index in [4.69, 9.17) is 27.9 Å². The summed E-state index contributed by atoms with van der Waals surface area (Å²) in [6.45, 7) is 0.